The van der Waals surface area contributed by atoms with E-state index in [1.165, 1.54) is 12.1 Å². The van der Waals surface area contributed by atoms with Gasteiger partial charge in [-0.05, 0) is 17.7 Å². The number of nitrogens with one attached hydrogen (secondary N) is 1. The second kappa shape index (κ2) is 4.22. The summed E-state index contributed by atoms with van der Waals surface area (Å²) in [6.45, 7) is 0.574. The summed E-state index contributed by atoms with van der Waals surface area (Å²) in [4.78, 5) is 21.6. The van der Waals surface area contributed by atoms with E-state index in [2.05, 4.69) is 5.32 Å². The number of aromatic carboxylic acids is 1. The number of carboxylic acid groups (broad SMARTS) is 1. The van der Waals surface area contributed by atoms with Crippen LogP contribution in [0.4, 0.5) is 4.79 Å². The topological polar surface area (TPSA) is 75.6 Å². The Morgan fingerprint density at radius 3 is 2.62 bits per heavy atom. The Labute approximate surface area is 92.0 Å². The highest BCUT2D eigenvalue weighted by atomic mass is 16.6. The number of hydrogen-bond acceptors (Lipinski definition) is 3. The van der Waals surface area contributed by atoms with Crippen molar-refractivity contribution in [2.45, 2.75) is 12.5 Å². The second-order valence-electron chi connectivity index (χ2n) is 3.54. The lowest BCUT2D eigenvalue weighted by Gasteiger charge is -2.23. The minimum atomic E-state index is -0.964. The average Bonchev–Trinajstić information content (AvgIpc) is 2.29. The molecule has 0 spiro atoms. The summed E-state index contributed by atoms with van der Waals surface area (Å²) in [7, 11) is 0. The van der Waals surface area contributed by atoms with E-state index in [9.17, 15) is 9.59 Å². The maximum absolute atomic E-state index is 11.0. The predicted molar refractivity (Wildman–Crippen MR) is 55.2 cm³/mol. The third kappa shape index (κ3) is 2.13. The van der Waals surface area contributed by atoms with Gasteiger partial charge in [-0.15, -0.1) is 0 Å². The SMILES string of the molecule is O=C1NCCC(c2ccc(C(=O)O)cc2)O1. The van der Waals surface area contributed by atoms with Crippen LogP contribution in [0.15, 0.2) is 24.3 Å². The molecule has 0 aromatic heterocycles. The third-order valence-corrected chi connectivity index (χ3v) is 2.45. The highest BCUT2D eigenvalue weighted by molar-refractivity contribution is 5.87. The van der Waals surface area contributed by atoms with Gasteiger partial charge in [0.15, 0.2) is 0 Å². The van der Waals surface area contributed by atoms with Gasteiger partial charge in [0.2, 0.25) is 0 Å². The van der Waals surface area contributed by atoms with Gasteiger partial charge in [-0.2, -0.15) is 0 Å². The van der Waals surface area contributed by atoms with Crippen molar-refractivity contribution >= 4 is 12.1 Å². The highest BCUT2D eigenvalue weighted by Crippen LogP contribution is 2.23. The number of rotatable bonds is 2. The zero-order chi connectivity index (χ0) is 11.5. The molecule has 0 bridgehead atoms. The first-order valence-corrected chi connectivity index (χ1v) is 4.94. The fourth-order valence-electron chi connectivity index (χ4n) is 1.61. The highest BCUT2D eigenvalue weighted by Gasteiger charge is 2.21. The Balaban J connectivity index is 2.14. The minimum Gasteiger partial charge on any atom is -0.478 e. The fourth-order valence-corrected chi connectivity index (χ4v) is 1.61. The van der Waals surface area contributed by atoms with Crippen LogP contribution in [0.25, 0.3) is 0 Å². The molecule has 1 amide bonds. The normalized spacial score (nSPS) is 19.8. The van der Waals surface area contributed by atoms with Crippen LogP contribution in [0.1, 0.15) is 28.4 Å². The maximum Gasteiger partial charge on any atom is 0.407 e. The summed E-state index contributed by atoms with van der Waals surface area (Å²) in [5.74, 6) is -0.964. The average molecular weight is 221 g/mol. The Kier molecular flexibility index (Phi) is 2.76. The standard InChI is InChI=1S/C11H11NO4/c13-10(14)8-3-1-7(2-4-8)9-5-6-12-11(15)16-9/h1-4,9H,5-6H2,(H,12,15)(H,13,14). The molecule has 0 radical (unpaired) electrons. The van der Waals surface area contributed by atoms with Gasteiger partial charge in [0.1, 0.15) is 6.10 Å². The molecule has 84 valence electrons. The van der Waals surface area contributed by atoms with E-state index in [1.807, 2.05) is 0 Å². The van der Waals surface area contributed by atoms with Crippen LogP contribution >= 0.6 is 0 Å². The molecule has 1 aliphatic heterocycles. The van der Waals surface area contributed by atoms with Crippen LogP contribution in [0.3, 0.4) is 0 Å². The molecule has 1 aliphatic rings. The van der Waals surface area contributed by atoms with Crippen LogP contribution in [0.2, 0.25) is 0 Å². The summed E-state index contributed by atoms with van der Waals surface area (Å²) in [5.41, 5.74) is 1.05. The number of hydrogen-bond donors (Lipinski definition) is 2. The quantitative estimate of drug-likeness (QED) is 0.794. The van der Waals surface area contributed by atoms with Crippen molar-refractivity contribution in [3.63, 3.8) is 0 Å². The van der Waals surface area contributed by atoms with Gasteiger partial charge in [0.05, 0.1) is 5.56 Å². The number of ether oxygens (including phenoxy) is 1. The van der Waals surface area contributed by atoms with E-state index >= 15 is 0 Å². The second-order valence-corrected chi connectivity index (χ2v) is 3.54. The molecule has 1 fully saturated rings. The van der Waals surface area contributed by atoms with E-state index < -0.39 is 12.1 Å². The van der Waals surface area contributed by atoms with Gasteiger partial charge < -0.3 is 15.2 Å². The third-order valence-electron chi connectivity index (χ3n) is 2.45. The summed E-state index contributed by atoms with van der Waals surface area (Å²) in [6.07, 6.45) is -0.0202. The van der Waals surface area contributed by atoms with Gasteiger partial charge in [-0.25, -0.2) is 9.59 Å². The summed E-state index contributed by atoms with van der Waals surface area (Å²) in [6, 6.07) is 6.36. The first-order chi connectivity index (χ1) is 7.66. The molecule has 5 nitrogen and oxygen atoms in total. The zero-order valence-corrected chi connectivity index (χ0v) is 8.47. The number of carboxylic acids is 1. The molecule has 1 atom stereocenters. The molecule has 1 aromatic carbocycles. The van der Waals surface area contributed by atoms with Crippen molar-refractivity contribution in [3.8, 4) is 0 Å². The van der Waals surface area contributed by atoms with Gasteiger partial charge >= 0.3 is 12.1 Å². The molecule has 1 saturated heterocycles. The summed E-state index contributed by atoms with van der Waals surface area (Å²) < 4.78 is 5.08. The van der Waals surface area contributed by atoms with Crippen molar-refractivity contribution in [1.29, 1.82) is 0 Å². The van der Waals surface area contributed by atoms with Crippen LogP contribution < -0.4 is 5.32 Å². The largest absolute Gasteiger partial charge is 0.478 e. The molecular formula is C11H11NO4. The van der Waals surface area contributed by atoms with E-state index in [-0.39, 0.29) is 11.7 Å². The fraction of sp³-hybridized carbons (Fsp3) is 0.273. The van der Waals surface area contributed by atoms with Gasteiger partial charge in [0, 0.05) is 13.0 Å². The van der Waals surface area contributed by atoms with Crippen molar-refractivity contribution in [1.82, 2.24) is 5.32 Å². The Bertz CT molecular complexity index is 412. The van der Waals surface area contributed by atoms with Gasteiger partial charge in [-0.3, -0.25) is 0 Å². The zero-order valence-electron chi connectivity index (χ0n) is 8.47. The number of cyclic esters (lactones) is 1. The number of benzene rings is 1. The molecule has 1 unspecified atom stereocenters. The van der Waals surface area contributed by atoms with Crippen molar-refractivity contribution in [2.75, 3.05) is 6.54 Å². The summed E-state index contributed by atoms with van der Waals surface area (Å²) >= 11 is 0. The van der Waals surface area contributed by atoms with Gasteiger partial charge in [-0.1, -0.05) is 12.1 Å². The minimum absolute atomic E-state index is 0.226. The van der Waals surface area contributed by atoms with E-state index in [0.717, 1.165) is 5.56 Å². The molecule has 16 heavy (non-hydrogen) atoms. The van der Waals surface area contributed by atoms with E-state index in [4.69, 9.17) is 9.84 Å². The smallest absolute Gasteiger partial charge is 0.407 e. The number of carbonyl (C=O) groups excluding carboxylic acids is 1. The Morgan fingerprint density at radius 1 is 1.38 bits per heavy atom. The molecule has 0 aliphatic carbocycles. The van der Waals surface area contributed by atoms with Gasteiger partial charge in [0.25, 0.3) is 0 Å². The Morgan fingerprint density at radius 2 is 2.06 bits per heavy atom. The molecule has 0 saturated carbocycles. The maximum atomic E-state index is 11.0. The molecule has 2 N–H and O–H groups in total. The van der Waals surface area contributed by atoms with E-state index in [0.29, 0.717) is 13.0 Å². The first kappa shape index (κ1) is 10.5. The van der Waals surface area contributed by atoms with E-state index in [1.54, 1.807) is 12.1 Å². The van der Waals surface area contributed by atoms with Crippen molar-refractivity contribution in [3.05, 3.63) is 35.4 Å². The molecular weight excluding hydrogens is 210 g/mol. The Hall–Kier alpha value is -2.04. The lowest BCUT2D eigenvalue weighted by atomic mass is 10.0. The molecule has 2 rings (SSSR count). The van der Waals surface area contributed by atoms with Crippen LogP contribution in [0, 0.1) is 0 Å². The predicted octanol–water partition coefficient (Wildman–Crippen LogP) is 1.56. The van der Waals surface area contributed by atoms with Crippen molar-refractivity contribution < 1.29 is 19.4 Å². The molecule has 1 aromatic rings. The molecule has 5 heteroatoms. The number of carbonyl (C=O) groups is 2. The first-order valence-electron chi connectivity index (χ1n) is 4.94. The van der Waals surface area contributed by atoms with Crippen LogP contribution in [-0.2, 0) is 4.74 Å². The summed E-state index contributed by atoms with van der Waals surface area (Å²) in [5, 5.41) is 11.3. The van der Waals surface area contributed by atoms with Crippen molar-refractivity contribution in [2.24, 2.45) is 0 Å². The van der Waals surface area contributed by atoms with Crippen LogP contribution in [0.5, 0.6) is 0 Å². The lowest BCUT2D eigenvalue weighted by molar-refractivity contribution is 0.0690. The number of amides is 1. The number of alkyl carbamates (subject to hydrolysis) is 1. The lowest BCUT2D eigenvalue weighted by Crippen LogP contribution is -2.33. The molecule has 1 heterocycles. The van der Waals surface area contributed by atoms with Crippen LogP contribution in [-0.4, -0.2) is 23.7 Å². The monoisotopic (exact) mass is 221 g/mol.